The Bertz CT molecular complexity index is 1810. The van der Waals surface area contributed by atoms with Crippen molar-refractivity contribution in [1.82, 2.24) is 5.32 Å². The molecule has 1 saturated heterocycles. The number of methoxy groups -OCH3 is 1. The molecule has 0 radical (unpaired) electrons. The average Bonchev–Trinajstić information content (AvgIpc) is 3.58. The number of halogens is 3. The second-order valence-corrected chi connectivity index (χ2v) is 12.8. The number of para-hydroxylation sites is 1. The molecular weight excluding hydrogens is 631 g/mol. The smallest absolute Gasteiger partial charge is 0.421 e. The van der Waals surface area contributed by atoms with E-state index in [2.05, 4.69) is 5.32 Å². The van der Waals surface area contributed by atoms with Crippen molar-refractivity contribution in [3.63, 3.8) is 0 Å². The van der Waals surface area contributed by atoms with Gasteiger partial charge in [-0.25, -0.2) is 9.69 Å². The number of hydrogen-bond acceptors (Lipinski definition) is 8. The zero-order chi connectivity index (χ0) is 34.8. The molecule has 4 atom stereocenters. The largest absolute Gasteiger partial charge is 0.497 e. The molecule has 0 saturated carbocycles. The van der Waals surface area contributed by atoms with E-state index < -0.39 is 58.6 Å². The fourth-order valence-electron chi connectivity index (χ4n) is 7.33. The number of hydrogen-bond donors (Lipinski definition) is 1. The minimum atomic E-state index is -5.17. The van der Waals surface area contributed by atoms with Crippen molar-refractivity contribution in [3.05, 3.63) is 89.5 Å². The summed E-state index contributed by atoms with van der Waals surface area (Å²) in [6, 6.07) is 16.2. The first-order chi connectivity index (χ1) is 22.6. The normalized spacial score (nSPS) is 24.7. The summed E-state index contributed by atoms with van der Waals surface area (Å²) in [5.74, 6) is -5.69. The van der Waals surface area contributed by atoms with Crippen molar-refractivity contribution in [3.8, 4) is 5.75 Å². The number of carbonyl (C=O) groups is 4. The van der Waals surface area contributed by atoms with Crippen LogP contribution in [-0.4, -0.2) is 55.4 Å². The maximum Gasteiger partial charge on any atom is 0.421 e. The summed E-state index contributed by atoms with van der Waals surface area (Å²) in [4.78, 5) is 60.2. The van der Waals surface area contributed by atoms with Crippen molar-refractivity contribution in [2.75, 3.05) is 23.5 Å². The van der Waals surface area contributed by atoms with Crippen LogP contribution in [0.1, 0.15) is 44.4 Å². The molecule has 0 bridgehead atoms. The molecule has 1 N–H and O–H groups in total. The highest BCUT2D eigenvalue weighted by Crippen LogP contribution is 2.66. The van der Waals surface area contributed by atoms with Crippen LogP contribution in [0.25, 0.3) is 0 Å². The first-order valence-electron chi connectivity index (χ1n) is 15.4. The van der Waals surface area contributed by atoms with Gasteiger partial charge >= 0.3 is 18.2 Å². The highest BCUT2D eigenvalue weighted by molar-refractivity contribution is 6.27. The average molecular weight is 666 g/mol. The third-order valence-corrected chi connectivity index (χ3v) is 8.99. The summed E-state index contributed by atoms with van der Waals surface area (Å²) in [6.07, 6.45) is -6.35. The minimum absolute atomic E-state index is 0.0296. The van der Waals surface area contributed by atoms with Gasteiger partial charge in [0.25, 0.3) is 11.8 Å². The van der Waals surface area contributed by atoms with E-state index in [0.29, 0.717) is 10.5 Å². The number of anilines is 2. The van der Waals surface area contributed by atoms with E-state index in [0.717, 1.165) is 0 Å². The molecule has 0 unspecified atom stereocenters. The van der Waals surface area contributed by atoms with Gasteiger partial charge in [0.05, 0.1) is 25.9 Å². The fraction of sp³-hybridized carbons (Fsp3) is 0.371. The lowest BCUT2D eigenvalue weighted by Gasteiger charge is -2.40. The molecule has 3 aliphatic heterocycles. The van der Waals surface area contributed by atoms with E-state index in [1.807, 2.05) is 0 Å². The van der Waals surface area contributed by atoms with E-state index in [1.54, 1.807) is 57.2 Å². The maximum atomic E-state index is 15.3. The Hall–Kier alpha value is -4.91. The van der Waals surface area contributed by atoms with Crippen LogP contribution in [0.4, 0.5) is 29.3 Å². The second kappa shape index (κ2) is 11.4. The van der Waals surface area contributed by atoms with Crippen molar-refractivity contribution < 1.29 is 46.6 Å². The number of rotatable bonds is 5. The van der Waals surface area contributed by atoms with Crippen LogP contribution in [-0.2, 0) is 41.4 Å². The van der Waals surface area contributed by atoms with Gasteiger partial charge in [-0.05, 0) is 63.1 Å². The maximum absolute atomic E-state index is 15.3. The Morgan fingerprint density at radius 1 is 0.896 bits per heavy atom. The highest BCUT2D eigenvalue weighted by atomic mass is 19.4. The van der Waals surface area contributed by atoms with Crippen LogP contribution in [0.2, 0.25) is 0 Å². The number of nitrogens with zero attached hydrogens (tertiary/aromatic N) is 2. The van der Waals surface area contributed by atoms with E-state index >= 15 is 22.8 Å². The topological polar surface area (TPSA) is 114 Å². The van der Waals surface area contributed by atoms with Gasteiger partial charge in [-0.15, -0.1) is 0 Å². The zero-order valence-corrected chi connectivity index (χ0v) is 26.9. The number of alkyl halides is 3. The minimum Gasteiger partial charge on any atom is -0.497 e. The Morgan fingerprint density at radius 3 is 2.19 bits per heavy atom. The van der Waals surface area contributed by atoms with Gasteiger partial charge in [0, 0.05) is 11.3 Å². The summed E-state index contributed by atoms with van der Waals surface area (Å²) < 4.78 is 62.2. The Kier molecular flexibility index (Phi) is 7.81. The monoisotopic (exact) mass is 665 g/mol. The van der Waals surface area contributed by atoms with Gasteiger partial charge in [0.15, 0.2) is 0 Å². The van der Waals surface area contributed by atoms with E-state index in [-0.39, 0.29) is 41.4 Å². The second-order valence-electron chi connectivity index (χ2n) is 12.8. The van der Waals surface area contributed by atoms with Crippen LogP contribution in [0, 0.1) is 5.92 Å². The molecule has 3 aromatic rings. The van der Waals surface area contributed by atoms with Gasteiger partial charge in [0.1, 0.15) is 34.3 Å². The van der Waals surface area contributed by atoms with Gasteiger partial charge < -0.3 is 19.1 Å². The molecule has 2 spiro atoms. The first kappa shape index (κ1) is 33.0. The lowest BCUT2D eigenvalue weighted by atomic mass is 9.58. The predicted molar refractivity (Wildman–Crippen MR) is 167 cm³/mol. The third kappa shape index (κ3) is 4.66. The Labute approximate surface area is 274 Å². The summed E-state index contributed by atoms with van der Waals surface area (Å²) >= 11 is 0. The fourth-order valence-corrected chi connectivity index (χ4v) is 7.33. The number of nitrogens with one attached hydrogen (secondary N) is 1. The zero-order valence-electron chi connectivity index (χ0n) is 26.9. The molecule has 6 rings (SSSR count). The molecule has 3 aliphatic rings. The standard InChI is InChI=1S/C35H34F3N3O7/c1-6-47-28(42)26-27(35(36,37)38)39-34(33(26)22-14-10-11-15-25(22)41(29(33)43)31(45)48-32(2,3)4)23-18-21(46-5)16-17-24(23)40(30(34)44)19-20-12-8-7-9-13-20/h7-18,26-27,39H,6,19H2,1-5H3/t26-,27-,33+,34-/m1/s1. The summed E-state index contributed by atoms with van der Waals surface area (Å²) in [6.45, 7) is 5.73. The quantitative estimate of drug-likeness (QED) is 0.362. The Morgan fingerprint density at radius 2 is 1.56 bits per heavy atom. The summed E-state index contributed by atoms with van der Waals surface area (Å²) in [5.41, 5.74) is -5.81. The number of fused-ring (bicyclic) bond motifs is 5. The molecule has 3 amide bonds. The highest BCUT2D eigenvalue weighted by Gasteiger charge is 2.83. The molecule has 252 valence electrons. The molecule has 10 nitrogen and oxygen atoms in total. The third-order valence-electron chi connectivity index (χ3n) is 8.99. The molecule has 48 heavy (non-hydrogen) atoms. The van der Waals surface area contributed by atoms with Crippen molar-refractivity contribution in [2.24, 2.45) is 5.92 Å². The van der Waals surface area contributed by atoms with Crippen molar-refractivity contribution in [1.29, 1.82) is 0 Å². The van der Waals surface area contributed by atoms with Gasteiger partial charge in [-0.2, -0.15) is 13.2 Å². The van der Waals surface area contributed by atoms with E-state index in [1.165, 1.54) is 55.3 Å². The van der Waals surface area contributed by atoms with E-state index in [9.17, 15) is 9.59 Å². The molecule has 0 aliphatic carbocycles. The van der Waals surface area contributed by atoms with Gasteiger partial charge in [-0.3, -0.25) is 19.7 Å². The summed E-state index contributed by atoms with van der Waals surface area (Å²) in [5, 5.41) is 2.51. The number of carbonyl (C=O) groups excluding carboxylic acids is 4. The predicted octanol–water partition coefficient (Wildman–Crippen LogP) is 5.37. The van der Waals surface area contributed by atoms with Gasteiger partial charge in [0.2, 0.25) is 0 Å². The van der Waals surface area contributed by atoms with Crippen LogP contribution in [0.5, 0.6) is 5.75 Å². The first-order valence-corrected chi connectivity index (χ1v) is 15.4. The van der Waals surface area contributed by atoms with Crippen molar-refractivity contribution >= 4 is 35.3 Å². The van der Waals surface area contributed by atoms with Crippen molar-refractivity contribution in [2.45, 2.75) is 63.0 Å². The number of benzene rings is 3. The Balaban J connectivity index is 1.72. The molecule has 3 heterocycles. The number of imide groups is 1. The van der Waals surface area contributed by atoms with Gasteiger partial charge in [-0.1, -0.05) is 48.5 Å². The van der Waals surface area contributed by atoms with Crippen LogP contribution in [0.15, 0.2) is 72.8 Å². The molecule has 13 heteroatoms. The van der Waals surface area contributed by atoms with Crippen LogP contribution >= 0.6 is 0 Å². The van der Waals surface area contributed by atoms with E-state index in [4.69, 9.17) is 14.2 Å². The summed E-state index contributed by atoms with van der Waals surface area (Å²) in [7, 11) is 1.35. The van der Waals surface area contributed by atoms with Crippen LogP contribution < -0.4 is 19.9 Å². The number of ether oxygens (including phenoxy) is 3. The molecule has 3 aromatic carbocycles. The number of esters is 1. The lowest BCUT2D eigenvalue weighted by Crippen LogP contribution is -2.64. The number of amides is 3. The molecule has 0 aromatic heterocycles. The van der Waals surface area contributed by atoms with Crippen LogP contribution in [0.3, 0.4) is 0 Å². The molecule has 1 fully saturated rings. The SMILES string of the molecule is CCOC(=O)[C@H]1[C@H](C(F)(F)F)N[C@]2(C(=O)N(Cc3ccccc3)c3ccc(OC)cc32)[C@]12C(=O)N(C(=O)OC(C)(C)C)c1ccccc12. The lowest BCUT2D eigenvalue weighted by molar-refractivity contribution is -0.179. The molecular formula is C35H34F3N3O7.